The van der Waals surface area contributed by atoms with Crippen LogP contribution >= 0.6 is 27.7 Å². The third-order valence-electron chi connectivity index (χ3n) is 2.41. The van der Waals surface area contributed by atoms with E-state index in [9.17, 15) is 4.79 Å². The van der Waals surface area contributed by atoms with Crippen LogP contribution in [0.4, 0.5) is 17.6 Å². The van der Waals surface area contributed by atoms with E-state index < -0.39 is 5.25 Å². The van der Waals surface area contributed by atoms with E-state index in [1.165, 1.54) is 0 Å². The van der Waals surface area contributed by atoms with Crippen LogP contribution in [0.15, 0.2) is 33.9 Å². The summed E-state index contributed by atoms with van der Waals surface area (Å²) in [5.74, 6) is -0.101. The summed E-state index contributed by atoms with van der Waals surface area (Å²) >= 11 is 4.49. The van der Waals surface area contributed by atoms with E-state index in [0.29, 0.717) is 10.8 Å². The van der Waals surface area contributed by atoms with Crippen LogP contribution in [-0.2, 0) is 4.79 Å². The predicted octanol–water partition coefficient (Wildman–Crippen LogP) is 1.92. The van der Waals surface area contributed by atoms with Crippen molar-refractivity contribution in [2.75, 3.05) is 16.8 Å². The van der Waals surface area contributed by atoms with Crippen molar-refractivity contribution in [3.05, 3.63) is 28.7 Å². The van der Waals surface area contributed by atoms with E-state index in [-0.39, 0.29) is 17.8 Å². The van der Waals surface area contributed by atoms with Gasteiger partial charge in [-0.1, -0.05) is 27.7 Å². The quantitative estimate of drug-likeness (QED) is 0.704. The zero-order valence-corrected chi connectivity index (χ0v) is 13.5. The number of nitrogen functional groups attached to an aromatic ring is 2. The molecule has 0 saturated heterocycles. The Morgan fingerprint density at radius 2 is 1.76 bits per heavy atom. The van der Waals surface area contributed by atoms with Gasteiger partial charge in [0.05, 0.1) is 5.25 Å². The molecule has 1 heterocycles. The van der Waals surface area contributed by atoms with Gasteiger partial charge in [-0.3, -0.25) is 4.79 Å². The maximum Gasteiger partial charge on any atom is 0.237 e. The molecule has 0 bridgehead atoms. The fourth-order valence-corrected chi connectivity index (χ4v) is 2.47. The molecule has 0 aliphatic rings. The number of amides is 1. The topological polar surface area (TPSA) is 120 Å². The SMILES string of the molecule is C[C@H](Sc1nc(N)nc(N)n1)C(=O)Nc1ccc(Br)cc1. The molecule has 9 heteroatoms. The van der Waals surface area contributed by atoms with Gasteiger partial charge in [0.1, 0.15) is 0 Å². The summed E-state index contributed by atoms with van der Waals surface area (Å²) in [5.41, 5.74) is 11.7. The predicted molar refractivity (Wildman–Crippen MR) is 86.7 cm³/mol. The smallest absolute Gasteiger partial charge is 0.237 e. The zero-order valence-electron chi connectivity index (χ0n) is 11.1. The van der Waals surface area contributed by atoms with Crippen molar-refractivity contribution in [3.63, 3.8) is 0 Å². The van der Waals surface area contributed by atoms with Crippen LogP contribution in [0.3, 0.4) is 0 Å². The maximum atomic E-state index is 12.1. The van der Waals surface area contributed by atoms with Gasteiger partial charge in [-0.05, 0) is 31.2 Å². The number of thioether (sulfide) groups is 1. The Bertz CT molecular complexity index is 630. The van der Waals surface area contributed by atoms with Crippen molar-refractivity contribution in [1.82, 2.24) is 15.0 Å². The number of hydrogen-bond acceptors (Lipinski definition) is 7. The van der Waals surface area contributed by atoms with Gasteiger partial charge in [0.15, 0.2) is 5.16 Å². The highest BCUT2D eigenvalue weighted by Crippen LogP contribution is 2.22. The Hall–Kier alpha value is -1.87. The van der Waals surface area contributed by atoms with Crippen LogP contribution in [0, 0.1) is 0 Å². The van der Waals surface area contributed by atoms with Crippen LogP contribution in [0.1, 0.15) is 6.92 Å². The van der Waals surface area contributed by atoms with E-state index in [1.54, 1.807) is 19.1 Å². The number of nitrogens with one attached hydrogen (secondary N) is 1. The minimum atomic E-state index is -0.408. The van der Waals surface area contributed by atoms with Crippen LogP contribution in [0.5, 0.6) is 0 Å². The third-order valence-corrected chi connectivity index (χ3v) is 3.90. The average molecular weight is 369 g/mol. The molecule has 0 unspecified atom stereocenters. The first kappa shape index (κ1) is 15.5. The Balaban J connectivity index is 2.00. The van der Waals surface area contributed by atoms with Crippen LogP contribution in [0.2, 0.25) is 0 Å². The fourth-order valence-electron chi connectivity index (χ4n) is 1.43. The number of carbonyl (C=O) groups is 1. The second-order valence-electron chi connectivity index (χ2n) is 4.09. The molecular formula is C12H13BrN6OS. The summed E-state index contributed by atoms with van der Waals surface area (Å²) in [6.45, 7) is 1.75. The van der Waals surface area contributed by atoms with Gasteiger partial charge in [-0.25, -0.2) is 0 Å². The lowest BCUT2D eigenvalue weighted by Crippen LogP contribution is -2.22. The molecule has 1 aromatic carbocycles. The Morgan fingerprint density at radius 1 is 1.19 bits per heavy atom. The Labute approximate surface area is 134 Å². The van der Waals surface area contributed by atoms with E-state index in [4.69, 9.17) is 11.5 Å². The number of anilines is 3. The van der Waals surface area contributed by atoms with Crippen molar-refractivity contribution in [2.24, 2.45) is 0 Å². The van der Waals surface area contributed by atoms with E-state index in [0.717, 1.165) is 16.2 Å². The van der Waals surface area contributed by atoms with E-state index >= 15 is 0 Å². The van der Waals surface area contributed by atoms with Gasteiger partial charge in [0.2, 0.25) is 17.8 Å². The molecule has 0 spiro atoms. The first-order valence-electron chi connectivity index (χ1n) is 5.94. The normalized spacial score (nSPS) is 11.9. The molecule has 0 radical (unpaired) electrons. The Morgan fingerprint density at radius 3 is 2.33 bits per heavy atom. The van der Waals surface area contributed by atoms with Crippen LogP contribution in [-0.4, -0.2) is 26.1 Å². The summed E-state index contributed by atoms with van der Waals surface area (Å²) in [6.07, 6.45) is 0. The molecule has 1 aromatic heterocycles. The minimum Gasteiger partial charge on any atom is -0.368 e. The molecule has 21 heavy (non-hydrogen) atoms. The summed E-state index contributed by atoms with van der Waals surface area (Å²) in [5, 5.41) is 2.71. The van der Waals surface area contributed by atoms with Crippen LogP contribution < -0.4 is 16.8 Å². The van der Waals surface area contributed by atoms with Crippen molar-refractivity contribution >= 4 is 51.2 Å². The highest BCUT2D eigenvalue weighted by atomic mass is 79.9. The maximum absolute atomic E-state index is 12.1. The number of benzene rings is 1. The minimum absolute atomic E-state index is 0.0329. The summed E-state index contributed by atoms with van der Waals surface area (Å²) < 4.78 is 0.944. The lowest BCUT2D eigenvalue weighted by Gasteiger charge is -2.11. The van der Waals surface area contributed by atoms with Crippen molar-refractivity contribution in [2.45, 2.75) is 17.3 Å². The standard InChI is InChI=1S/C12H13BrN6OS/c1-6(21-12-18-10(14)17-11(15)19-12)9(20)16-8-4-2-7(13)3-5-8/h2-6H,1H3,(H,16,20)(H4,14,15,17,18,19)/t6-/m0/s1. The number of carbonyl (C=O) groups excluding carboxylic acids is 1. The zero-order chi connectivity index (χ0) is 15.4. The molecule has 0 aliphatic heterocycles. The molecule has 5 N–H and O–H groups in total. The lowest BCUT2D eigenvalue weighted by molar-refractivity contribution is -0.115. The molecule has 7 nitrogen and oxygen atoms in total. The largest absolute Gasteiger partial charge is 0.368 e. The molecule has 2 rings (SSSR count). The molecule has 2 aromatic rings. The monoisotopic (exact) mass is 368 g/mol. The van der Waals surface area contributed by atoms with Gasteiger partial charge in [0.25, 0.3) is 0 Å². The fraction of sp³-hybridized carbons (Fsp3) is 0.167. The van der Waals surface area contributed by atoms with E-state index in [1.807, 2.05) is 12.1 Å². The van der Waals surface area contributed by atoms with Crippen molar-refractivity contribution in [1.29, 1.82) is 0 Å². The molecule has 0 saturated carbocycles. The summed E-state index contributed by atoms with van der Waals surface area (Å²) in [7, 11) is 0. The number of aromatic nitrogens is 3. The number of nitrogens with zero attached hydrogens (tertiary/aromatic N) is 3. The first-order chi connectivity index (χ1) is 9.94. The highest BCUT2D eigenvalue weighted by Gasteiger charge is 2.17. The molecular weight excluding hydrogens is 356 g/mol. The molecule has 0 aliphatic carbocycles. The molecule has 1 atom stereocenters. The first-order valence-corrected chi connectivity index (χ1v) is 7.61. The number of halogens is 1. The van der Waals surface area contributed by atoms with E-state index in [2.05, 4.69) is 36.2 Å². The third kappa shape index (κ3) is 4.57. The second kappa shape index (κ2) is 6.72. The molecule has 110 valence electrons. The number of nitrogens with two attached hydrogens (primary N) is 2. The summed E-state index contributed by atoms with van der Waals surface area (Å²) in [6, 6.07) is 7.30. The molecule has 1 amide bonds. The van der Waals surface area contributed by atoms with Crippen molar-refractivity contribution < 1.29 is 4.79 Å². The number of rotatable bonds is 4. The number of hydrogen-bond donors (Lipinski definition) is 3. The lowest BCUT2D eigenvalue weighted by atomic mass is 10.3. The Kier molecular flexibility index (Phi) is 4.97. The highest BCUT2D eigenvalue weighted by molar-refractivity contribution is 9.10. The average Bonchev–Trinajstić information content (AvgIpc) is 2.40. The van der Waals surface area contributed by atoms with Gasteiger partial charge in [-0.2, -0.15) is 15.0 Å². The van der Waals surface area contributed by atoms with Crippen LogP contribution in [0.25, 0.3) is 0 Å². The van der Waals surface area contributed by atoms with Gasteiger partial charge in [0, 0.05) is 10.2 Å². The van der Waals surface area contributed by atoms with Crippen molar-refractivity contribution in [3.8, 4) is 0 Å². The molecule has 0 fully saturated rings. The van der Waals surface area contributed by atoms with Gasteiger partial charge >= 0.3 is 0 Å². The van der Waals surface area contributed by atoms with Gasteiger partial charge < -0.3 is 16.8 Å². The second-order valence-corrected chi connectivity index (χ2v) is 6.31. The summed E-state index contributed by atoms with van der Waals surface area (Å²) in [4.78, 5) is 23.6. The van der Waals surface area contributed by atoms with Gasteiger partial charge in [-0.15, -0.1) is 0 Å².